The van der Waals surface area contributed by atoms with E-state index in [-0.39, 0.29) is 11.8 Å². The molecule has 5 rings (SSSR count). The molecule has 4 nitrogen and oxygen atoms in total. The molecular formula is C40H45NO3. The number of nitrogens with zero attached hydrogens (tertiary/aromatic N) is 1. The molecule has 228 valence electrons. The third-order valence-corrected chi connectivity index (χ3v) is 8.70. The second-order valence-electron chi connectivity index (χ2n) is 11.9. The molecule has 2 amide bonds. The Labute approximate surface area is 262 Å². The number of fused-ring (bicyclic) bond motifs is 1. The van der Waals surface area contributed by atoms with E-state index in [0.29, 0.717) is 17.7 Å². The van der Waals surface area contributed by atoms with Gasteiger partial charge in [-0.3, -0.25) is 14.5 Å². The normalized spacial score (nSPS) is 12.5. The van der Waals surface area contributed by atoms with Crippen molar-refractivity contribution in [3.63, 3.8) is 0 Å². The Kier molecular flexibility index (Phi) is 11.1. The fourth-order valence-corrected chi connectivity index (χ4v) is 6.21. The topological polar surface area (TPSA) is 46.6 Å². The molecule has 44 heavy (non-hydrogen) atoms. The number of imide groups is 1. The third kappa shape index (κ3) is 7.16. The van der Waals surface area contributed by atoms with Crippen LogP contribution in [0.2, 0.25) is 0 Å². The lowest BCUT2D eigenvalue weighted by Gasteiger charge is -2.27. The first-order chi connectivity index (χ1) is 21.6. The van der Waals surface area contributed by atoms with Crippen LogP contribution in [0.25, 0.3) is 21.5 Å². The Morgan fingerprint density at radius 3 is 1.86 bits per heavy atom. The van der Waals surface area contributed by atoms with E-state index in [9.17, 15) is 9.59 Å². The Morgan fingerprint density at radius 1 is 0.568 bits per heavy atom. The molecule has 1 heterocycles. The maximum atomic E-state index is 13.5. The predicted octanol–water partition coefficient (Wildman–Crippen LogP) is 10.1. The average molecular weight is 588 g/mol. The van der Waals surface area contributed by atoms with Crippen molar-refractivity contribution in [2.45, 2.75) is 90.9 Å². The lowest BCUT2D eigenvalue weighted by molar-refractivity contribution is 0.0607. The van der Waals surface area contributed by atoms with Crippen LogP contribution in [0.3, 0.4) is 0 Å². The summed E-state index contributed by atoms with van der Waals surface area (Å²) in [4.78, 5) is 28.4. The molecule has 1 aliphatic rings. The van der Waals surface area contributed by atoms with Gasteiger partial charge in [0.1, 0.15) is 5.75 Å². The molecule has 0 radical (unpaired) electrons. The summed E-state index contributed by atoms with van der Waals surface area (Å²) in [5.74, 6) is 7.25. The van der Waals surface area contributed by atoms with Crippen LogP contribution < -0.4 is 4.74 Å². The minimum absolute atomic E-state index is 0.200. The van der Waals surface area contributed by atoms with Gasteiger partial charge in [-0.25, -0.2) is 0 Å². The van der Waals surface area contributed by atoms with Crippen molar-refractivity contribution in [1.29, 1.82) is 0 Å². The number of benzene rings is 4. The molecule has 0 bridgehead atoms. The highest BCUT2D eigenvalue weighted by Crippen LogP contribution is 2.33. The fourth-order valence-electron chi connectivity index (χ4n) is 6.21. The molecule has 0 saturated heterocycles. The average Bonchev–Trinajstić information content (AvgIpc) is 3.05. The monoisotopic (exact) mass is 587 g/mol. The Hall–Kier alpha value is -4.10. The van der Waals surface area contributed by atoms with Crippen LogP contribution in [0, 0.1) is 11.8 Å². The quantitative estimate of drug-likeness (QED) is 0.0790. The number of rotatable bonds is 15. The molecule has 0 aromatic heterocycles. The van der Waals surface area contributed by atoms with Crippen LogP contribution in [0.15, 0.2) is 66.7 Å². The zero-order chi connectivity index (χ0) is 30.7. The number of carbonyl (C=O) groups is 2. The minimum Gasteiger partial charge on any atom is -0.493 e. The SMILES string of the molecule is CCCCCCCCOc1ccc(C#Cc2ccc3c4c(cccc24)C(=O)N(CCCCCCCC)C3=O)c2ccccc12. The van der Waals surface area contributed by atoms with Crippen molar-refractivity contribution in [1.82, 2.24) is 4.90 Å². The van der Waals surface area contributed by atoms with E-state index < -0.39 is 0 Å². The predicted molar refractivity (Wildman–Crippen MR) is 181 cm³/mol. The van der Waals surface area contributed by atoms with Gasteiger partial charge in [-0.2, -0.15) is 0 Å². The molecular weight excluding hydrogens is 542 g/mol. The van der Waals surface area contributed by atoms with Crippen LogP contribution in [0.1, 0.15) is 123 Å². The fraction of sp³-hybridized carbons (Fsp3) is 0.400. The van der Waals surface area contributed by atoms with Crippen molar-refractivity contribution in [3.8, 4) is 17.6 Å². The minimum atomic E-state index is -0.200. The molecule has 4 heteroatoms. The van der Waals surface area contributed by atoms with Crippen molar-refractivity contribution in [2.75, 3.05) is 13.2 Å². The van der Waals surface area contributed by atoms with Gasteiger partial charge >= 0.3 is 0 Å². The summed E-state index contributed by atoms with van der Waals surface area (Å²) in [6.07, 6.45) is 14.1. The van der Waals surface area contributed by atoms with Gasteiger partial charge < -0.3 is 4.74 Å². The Balaban J connectivity index is 1.35. The first-order valence-electron chi connectivity index (χ1n) is 16.7. The largest absolute Gasteiger partial charge is 0.493 e. The summed E-state index contributed by atoms with van der Waals surface area (Å²) in [5, 5.41) is 3.68. The van der Waals surface area contributed by atoms with E-state index in [1.807, 2.05) is 54.6 Å². The second kappa shape index (κ2) is 15.6. The molecule has 0 fully saturated rings. The standard InChI is InChI=1S/C40H45NO3/c1-3-5-7-9-11-15-28-41-39(42)35-21-17-20-33-31(24-26-36(38(33)35)40(41)43)23-22-30-25-27-37(34-19-14-13-18-32(30)34)44-29-16-12-10-8-6-4-2/h13-14,17-21,24-27H,3-12,15-16,28-29H2,1-2H3. The van der Waals surface area contributed by atoms with Crippen LogP contribution in [0.4, 0.5) is 0 Å². The van der Waals surface area contributed by atoms with Crippen LogP contribution >= 0.6 is 0 Å². The molecule has 4 aromatic rings. The van der Waals surface area contributed by atoms with Gasteiger partial charge in [0.15, 0.2) is 0 Å². The molecule has 0 saturated carbocycles. The Morgan fingerprint density at radius 2 is 1.14 bits per heavy atom. The van der Waals surface area contributed by atoms with Crippen LogP contribution in [-0.2, 0) is 0 Å². The highest BCUT2D eigenvalue weighted by molar-refractivity contribution is 6.26. The van der Waals surface area contributed by atoms with Gasteiger partial charge in [0.05, 0.1) is 6.61 Å². The van der Waals surface area contributed by atoms with Crippen molar-refractivity contribution >= 4 is 33.4 Å². The Bertz CT molecular complexity index is 1650. The molecule has 0 N–H and O–H groups in total. The zero-order valence-corrected chi connectivity index (χ0v) is 26.4. The number of amides is 2. The number of hydrogen-bond acceptors (Lipinski definition) is 3. The van der Waals surface area contributed by atoms with Gasteiger partial charge in [-0.05, 0) is 48.6 Å². The van der Waals surface area contributed by atoms with Gasteiger partial charge in [-0.1, -0.05) is 126 Å². The summed E-state index contributed by atoms with van der Waals surface area (Å²) in [6.45, 7) is 5.63. The van der Waals surface area contributed by atoms with Crippen molar-refractivity contribution in [2.24, 2.45) is 0 Å². The summed E-state index contributed by atoms with van der Waals surface area (Å²) in [5.41, 5.74) is 2.90. The van der Waals surface area contributed by atoms with Gasteiger partial charge in [-0.15, -0.1) is 0 Å². The van der Waals surface area contributed by atoms with Crippen molar-refractivity contribution < 1.29 is 14.3 Å². The van der Waals surface area contributed by atoms with E-state index in [0.717, 1.165) is 70.7 Å². The van der Waals surface area contributed by atoms with Gasteiger partial charge in [0, 0.05) is 45.0 Å². The smallest absolute Gasteiger partial charge is 0.261 e. The maximum Gasteiger partial charge on any atom is 0.261 e. The first-order valence-corrected chi connectivity index (χ1v) is 16.7. The third-order valence-electron chi connectivity index (χ3n) is 8.70. The maximum absolute atomic E-state index is 13.5. The highest BCUT2D eigenvalue weighted by atomic mass is 16.5. The number of ether oxygens (including phenoxy) is 1. The molecule has 1 aliphatic heterocycles. The van der Waals surface area contributed by atoms with E-state index in [4.69, 9.17) is 4.74 Å². The summed E-state index contributed by atoms with van der Waals surface area (Å²) < 4.78 is 6.21. The summed E-state index contributed by atoms with van der Waals surface area (Å²) in [7, 11) is 0. The highest BCUT2D eigenvalue weighted by Gasteiger charge is 2.32. The molecule has 0 unspecified atom stereocenters. The van der Waals surface area contributed by atoms with E-state index in [2.05, 4.69) is 37.8 Å². The lowest BCUT2D eigenvalue weighted by Crippen LogP contribution is -2.40. The van der Waals surface area contributed by atoms with Gasteiger partial charge in [0.2, 0.25) is 0 Å². The van der Waals surface area contributed by atoms with Crippen LogP contribution in [0.5, 0.6) is 5.75 Å². The molecule has 0 atom stereocenters. The molecule has 0 aliphatic carbocycles. The lowest BCUT2D eigenvalue weighted by atomic mass is 9.91. The zero-order valence-electron chi connectivity index (χ0n) is 26.4. The van der Waals surface area contributed by atoms with E-state index in [1.54, 1.807) is 0 Å². The molecule has 4 aromatic carbocycles. The number of carbonyl (C=O) groups excluding carboxylic acids is 2. The molecule has 0 spiro atoms. The summed E-state index contributed by atoms with van der Waals surface area (Å²) >= 11 is 0. The van der Waals surface area contributed by atoms with Crippen molar-refractivity contribution in [3.05, 3.63) is 89.0 Å². The van der Waals surface area contributed by atoms with E-state index in [1.165, 1.54) is 56.3 Å². The van der Waals surface area contributed by atoms with Gasteiger partial charge in [0.25, 0.3) is 11.8 Å². The first kappa shape index (κ1) is 31.3. The summed E-state index contributed by atoms with van der Waals surface area (Å²) in [6, 6.07) is 21.8. The van der Waals surface area contributed by atoms with E-state index >= 15 is 0 Å². The van der Waals surface area contributed by atoms with Crippen LogP contribution in [-0.4, -0.2) is 29.9 Å². The number of unbranched alkanes of at least 4 members (excludes halogenated alkanes) is 10. The number of hydrogen-bond donors (Lipinski definition) is 0. The second-order valence-corrected chi connectivity index (χ2v) is 11.9.